The smallest absolute Gasteiger partial charge is 0.155 e. The SMILES string of the molecule is CC(=O)/C=C(/C)O.Cc1ccc(-c2cc3cnc(-c4[c-]cccc4)cc3s2)cc1.[Ir]. The van der Waals surface area contributed by atoms with Crippen molar-refractivity contribution in [1.29, 1.82) is 0 Å². The van der Waals surface area contributed by atoms with E-state index < -0.39 is 0 Å². The van der Waals surface area contributed by atoms with Gasteiger partial charge in [-0.15, -0.1) is 47.2 Å². The van der Waals surface area contributed by atoms with E-state index in [2.05, 4.69) is 54.4 Å². The Balaban J connectivity index is 0.000000350. The van der Waals surface area contributed by atoms with E-state index in [1.54, 1.807) is 0 Å². The van der Waals surface area contributed by atoms with Crippen LogP contribution in [0, 0.1) is 13.0 Å². The van der Waals surface area contributed by atoms with Gasteiger partial charge >= 0.3 is 0 Å². The van der Waals surface area contributed by atoms with Gasteiger partial charge in [-0.1, -0.05) is 35.9 Å². The molecular formula is C25H22IrNO2S-. The van der Waals surface area contributed by atoms with Crippen molar-refractivity contribution in [2.24, 2.45) is 0 Å². The minimum atomic E-state index is -0.125. The third-order valence-corrected chi connectivity index (χ3v) is 5.28. The van der Waals surface area contributed by atoms with Crippen molar-refractivity contribution in [3.63, 3.8) is 0 Å². The summed E-state index contributed by atoms with van der Waals surface area (Å²) in [5.41, 5.74) is 4.56. The van der Waals surface area contributed by atoms with Crippen molar-refractivity contribution in [3.05, 3.63) is 90.3 Å². The van der Waals surface area contributed by atoms with Gasteiger partial charge in [0.25, 0.3) is 0 Å². The predicted octanol–water partition coefficient (Wildman–Crippen LogP) is 6.77. The molecule has 30 heavy (non-hydrogen) atoms. The summed E-state index contributed by atoms with van der Waals surface area (Å²) in [5, 5.41) is 9.56. The normalized spacial score (nSPS) is 10.7. The van der Waals surface area contributed by atoms with Crippen LogP contribution in [0.25, 0.3) is 31.8 Å². The number of nitrogens with zero attached hydrogens (tertiary/aromatic N) is 1. The van der Waals surface area contributed by atoms with Crippen LogP contribution in [0.3, 0.4) is 0 Å². The maximum absolute atomic E-state index is 10.0. The number of fused-ring (bicyclic) bond motifs is 1. The predicted molar refractivity (Wildman–Crippen MR) is 121 cm³/mol. The van der Waals surface area contributed by atoms with Crippen LogP contribution in [-0.2, 0) is 24.9 Å². The summed E-state index contributed by atoms with van der Waals surface area (Å²) in [6.45, 7) is 4.96. The zero-order valence-corrected chi connectivity index (χ0v) is 20.2. The van der Waals surface area contributed by atoms with E-state index in [1.807, 2.05) is 41.8 Å². The number of carbonyl (C=O) groups is 1. The third-order valence-electron chi connectivity index (χ3n) is 4.13. The summed E-state index contributed by atoms with van der Waals surface area (Å²) in [5.74, 6) is -0.0625. The second-order valence-corrected chi connectivity index (χ2v) is 7.84. The van der Waals surface area contributed by atoms with E-state index >= 15 is 0 Å². The first kappa shape index (κ1) is 23.7. The molecule has 0 bridgehead atoms. The largest absolute Gasteiger partial charge is 0.512 e. The van der Waals surface area contributed by atoms with Gasteiger partial charge in [0, 0.05) is 47.3 Å². The second kappa shape index (κ2) is 11.0. The number of benzene rings is 2. The number of rotatable bonds is 3. The molecular weight excluding hydrogens is 571 g/mol. The Morgan fingerprint density at radius 1 is 1.10 bits per heavy atom. The van der Waals surface area contributed by atoms with Crippen molar-refractivity contribution in [1.82, 2.24) is 4.98 Å². The first-order chi connectivity index (χ1) is 13.9. The molecule has 0 aliphatic rings. The average molecular weight is 593 g/mol. The summed E-state index contributed by atoms with van der Waals surface area (Å²) in [4.78, 5) is 15.9. The van der Waals surface area contributed by atoms with Gasteiger partial charge < -0.3 is 10.1 Å². The quantitative estimate of drug-likeness (QED) is 0.162. The molecule has 0 spiro atoms. The number of aliphatic hydroxyl groups is 1. The molecule has 5 heteroatoms. The summed E-state index contributed by atoms with van der Waals surface area (Å²) >= 11 is 1.81. The maximum atomic E-state index is 10.0. The zero-order chi connectivity index (χ0) is 20.8. The summed E-state index contributed by atoms with van der Waals surface area (Å²) < 4.78 is 1.26. The molecule has 0 aliphatic heterocycles. The van der Waals surface area contributed by atoms with E-state index in [1.165, 1.54) is 46.0 Å². The van der Waals surface area contributed by atoms with Crippen LogP contribution in [0.2, 0.25) is 0 Å². The molecule has 0 saturated carbocycles. The molecule has 0 atom stereocenters. The van der Waals surface area contributed by atoms with Crippen LogP contribution in [-0.4, -0.2) is 15.9 Å². The number of hydrogen-bond acceptors (Lipinski definition) is 4. The fraction of sp³-hybridized carbons (Fsp3) is 0.120. The van der Waals surface area contributed by atoms with Crippen LogP contribution < -0.4 is 0 Å². The Hall–Kier alpha value is -2.59. The second-order valence-electron chi connectivity index (χ2n) is 6.76. The van der Waals surface area contributed by atoms with Crippen LogP contribution >= 0.6 is 11.3 Å². The molecule has 3 nitrogen and oxygen atoms in total. The van der Waals surface area contributed by atoms with Gasteiger partial charge in [-0.25, -0.2) is 0 Å². The number of aromatic nitrogens is 1. The average Bonchev–Trinajstić information content (AvgIpc) is 3.12. The Morgan fingerprint density at radius 3 is 2.40 bits per heavy atom. The minimum Gasteiger partial charge on any atom is -0.512 e. The molecule has 1 radical (unpaired) electrons. The van der Waals surface area contributed by atoms with E-state index in [4.69, 9.17) is 5.11 Å². The molecule has 0 saturated heterocycles. The zero-order valence-electron chi connectivity index (χ0n) is 17.0. The van der Waals surface area contributed by atoms with Gasteiger partial charge in [-0.3, -0.25) is 4.79 Å². The molecule has 2 aromatic heterocycles. The Labute approximate surface area is 194 Å². The van der Waals surface area contributed by atoms with E-state index in [9.17, 15) is 4.79 Å². The topological polar surface area (TPSA) is 50.2 Å². The first-order valence-corrected chi connectivity index (χ1v) is 10.1. The van der Waals surface area contributed by atoms with Crippen molar-refractivity contribution >= 4 is 27.2 Å². The number of hydrogen-bond donors (Lipinski definition) is 1. The molecule has 155 valence electrons. The molecule has 0 amide bonds. The van der Waals surface area contributed by atoms with E-state index in [0.717, 1.165) is 11.3 Å². The van der Waals surface area contributed by atoms with E-state index in [0.29, 0.717) is 0 Å². The van der Waals surface area contributed by atoms with Gasteiger partial charge in [0.15, 0.2) is 5.78 Å². The fourth-order valence-electron chi connectivity index (χ4n) is 2.79. The molecule has 0 aliphatic carbocycles. The summed E-state index contributed by atoms with van der Waals surface area (Å²) in [6.07, 6.45) is 3.12. The molecule has 0 fully saturated rings. The van der Waals surface area contributed by atoms with Crippen molar-refractivity contribution in [2.45, 2.75) is 20.8 Å². The summed E-state index contributed by atoms with van der Waals surface area (Å²) in [6, 6.07) is 24.2. The van der Waals surface area contributed by atoms with Gasteiger partial charge in [0.2, 0.25) is 0 Å². The van der Waals surface area contributed by atoms with E-state index in [-0.39, 0.29) is 31.6 Å². The molecule has 2 heterocycles. The van der Waals surface area contributed by atoms with Gasteiger partial charge in [0.05, 0.1) is 5.76 Å². The molecule has 4 rings (SSSR count). The van der Waals surface area contributed by atoms with Crippen LogP contribution in [0.15, 0.2) is 78.7 Å². The number of pyridine rings is 1. The van der Waals surface area contributed by atoms with Crippen molar-refractivity contribution in [3.8, 4) is 21.7 Å². The molecule has 1 N–H and O–H groups in total. The monoisotopic (exact) mass is 593 g/mol. The number of carbonyl (C=O) groups excluding carboxylic acids is 1. The number of allylic oxidation sites excluding steroid dienone is 2. The van der Waals surface area contributed by atoms with Crippen LogP contribution in [0.1, 0.15) is 19.4 Å². The van der Waals surface area contributed by atoms with Crippen molar-refractivity contribution < 1.29 is 30.0 Å². The molecule has 2 aromatic carbocycles. The fourth-order valence-corrected chi connectivity index (χ4v) is 3.86. The first-order valence-electron chi connectivity index (χ1n) is 9.24. The Kier molecular flexibility index (Phi) is 8.67. The Bertz CT molecular complexity index is 1140. The summed E-state index contributed by atoms with van der Waals surface area (Å²) in [7, 11) is 0. The Morgan fingerprint density at radius 2 is 1.83 bits per heavy atom. The minimum absolute atomic E-state index is 0. The standard InChI is InChI=1S/C20H14NS.C5H8O2.Ir/c1-14-7-9-16(10-8-14)19-11-17-13-21-18(12-20(17)22-19)15-5-3-2-4-6-15;1-4(6)3-5(2)7;/h2-5,7-13H,1H3;3,6H,1-2H3;/q-1;;/b;4-3-;. The van der Waals surface area contributed by atoms with Crippen molar-refractivity contribution in [2.75, 3.05) is 0 Å². The molecule has 0 unspecified atom stereocenters. The van der Waals surface area contributed by atoms with Gasteiger partial charge in [0.1, 0.15) is 0 Å². The van der Waals surface area contributed by atoms with Crippen LogP contribution in [0.4, 0.5) is 0 Å². The number of ketones is 1. The maximum Gasteiger partial charge on any atom is 0.155 e. The molecule has 4 aromatic rings. The number of aryl methyl sites for hydroxylation is 1. The number of aliphatic hydroxyl groups excluding tert-OH is 1. The third kappa shape index (κ3) is 6.46. The van der Waals surface area contributed by atoms with Gasteiger partial charge in [-0.05, 0) is 38.1 Å². The van der Waals surface area contributed by atoms with Crippen LogP contribution in [0.5, 0.6) is 0 Å². The number of thiophene rings is 1. The van der Waals surface area contributed by atoms with Gasteiger partial charge in [-0.2, -0.15) is 0 Å².